The first-order chi connectivity index (χ1) is 16.7. The highest BCUT2D eigenvalue weighted by molar-refractivity contribution is 7.89. The van der Waals surface area contributed by atoms with Gasteiger partial charge in [-0.05, 0) is 54.3 Å². The molecule has 1 atom stereocenters. The lowest BCUT2D eigenvalue weighted by Crippen LogP contribution is -2.47. The van der Waals surface area contributed by atoms with Gasteiger partial charge in [-0.3, -0.25) is 14.5 Å². The predicted molar refractivity (Wildman–Crippen MR) is 137 cm³/mol. The largest absolute Gasteiger partial charge is 0.378 e. The molecule has 0 radical (unpaired) electrons. The number of carbonyl (C=O) groups is 2. The van der Waals surface area contributed by atoms with Crippen LogP contribution in [0.15, 0.2) is 47.4 Å². The summed E-state index contributed by atoms with van der Waals surface area (Å²) in [5, 5.41) is 2.96. The molecule has 2 heterocycles. The van der Waals surface area contributed by atoms with E-state index >= 15 is 0 Å². The first-order valence-electron chi connectivity index (χ1n) is 12.2. The van der Waals surface area contributed by atoms with Gasteiger partial charge < -0.3 is 10.2 Å². The fourth-order valence-corrected chi connectivity index (χ4v) is 6.32. The molecule has 188 valence electrons. The minimum atomic E-state index is -3.59. The summed E-state index contributed by atoms with van der Waals surface area (Å²) in [4.78, 5) is 29.8. The molecule has 0 unspecified atom stereocenters. The Labute approximate surface area is 207 Å². The maximum atomic E-state index is 13.2. The number of carbonyl (C=O) groups excluding carboxylic acids is 2. The Hall–Kier alpha value is -2.91. The second kappa shape index (κ2) is 10.4. The van der Waals surface area contributed by atoms with Gasteiger partial charge in [0.25, 0.3) is 0 Å². The van der Waals surface area contributed by atoms with Crippen molar-refractivity contribution in [2.75, 3.05) is 37.0 Å². The molecule has 4 rings (SSSR count). The summed E-state index contributed by atoms with van der Waals surface area (Å²) in [6.07, 6.45) is 3.31. The molecular weight excluding hydrogens is 464 g/mol. The molecule has 35 heavy (non-hydrogen) atoms. The molecule has 1 N–H and O–H groups in total. The number of rotatable bonds is 7. The van der Waals surface area contributed by atoms with Gasteiger partial charge >= 0.3 is 0 Å². The maximum Gasteiger partial charge on any atom is 0.243 e. The molecule has 2 aliphatic heterocycles. The number of piperidine rings is 1. The first-order valence-corrected chi connectivity index (χ1v) is 13.7. The number of anilines is 2. The highest BCUT2D eigenvalue weighted by Crippen LogP contribution is 2.35. The van der Waals surface area contributed by atoms with Crippen LogP contribution in [0.1, 0.15) is 43.7 Å². The summed E-state index contributed by atoms with van der Waals surface area (Å²) in [5.41, 5.74) is 3.36. The Morgan fingerprint density at radius 3 is 2.34 bits per heavy atom. The number of nitrogens with zero attached hydrogens (tertiary/aromatic N) is 3. The quantitative estimate of drug-likeness (QED) is 0.634. The van der Waals surface area contributed by atoms with Crippen LogP contribution >= 0.6 is 0 Å². The van der Waals surface area contributed by atoms with E-state index in [9.17, 15) is 18.0 Å². The van der Waals surface area contributed by atoms with Gasteiger partial charge in [-0.1, -0.05) is 25.5 Å². The lowest BCUT2D eigenvalue weighted by atomic mass is 10.1. The number of amides is 2. The number of fused-ring (bicyclic) bond motifs is 1. The second-order valence-corrected chi connectivity index (χ2v) is 11.3. The lowest BCUT2D eigenvalue weighted by molar-refractivity contribution is -0.126. The molecule has 1 fully saturated rings. The van der Waals surface area contributed by atoms with Crippen LogP contribution in [0, 0.1) is 0 Å². The van der Waals surface area contributed by atoms with Crippen molar-refractivity contribution < 1.29 is 18.0 Å². The SMILES string of the molecule is CCC(=O)N1c2ccc(S(=O)(=O)N3CCCCC3)cc2C[C@H]1C(=O)NCc1ccc(N(C)C)cc1. The van der Waals surface area contributed by atoms with Crippen molar-refractivity contribution in [2.45, 2.75) is 56.5 Å². The number of nitrogens with one attached hydrogen (secondary N) is 1. The van der Waals surface area contributed by atoms with E-state index in [-0.39, 0.29) is 29.6 Å². The van der Waals surface area contributed by atoms with Crippen molar-refractivity contribution in [3.63, 3.8) is 0 Å². The molecule has 2 aliphatic rings. The second-order valence-electron chi connectivity index (χ2n) is 9.37. The number of hydrogen-bond donors (Lipinski definition) is 1. The molecule has 0 saturated carbocycles. The van der Waals surface area contributed by atoms with Crippen LogP contribution < -0.4 is 15.1 Å². The zero-order valence-electron chi connectivity index (χ0n) is 20.7. The predicted octanol–water partition coefficient (Wildman–Crippen LogP) is 2.91. The van der Waals surface area contributed by atoms with Crippen LogP contribution in [0.25, 0.3) is 0 Å². The number of benzene rings is 2. The third kappa shape index (κ3) is 5.21. The van der Waals surface area contributed by atoms with Gasteiger partial charge in [-0.15, -0.1) is 0 Å². The molecule has 9 heteroatoms. The Morgan fingerprint density at radius 2 is 1.71 bits per heavy atom. The monoisotopic (exact) mass is 498 g/mol. The van der Waals surface area contributed by atoms with E-state index in [2.05, 4.69) is 5.32 Å². The normalized spacial score (nSPS) is 18.3. The fraction of sp³-hybridized carbons (Fsp3) is 0.462. The van der Waals surface area contributed by atoms with Crippen LogP contribution in [0.4, 0.5) is 11.4 Å². The molecular formula is C26H34N4O4S. The number of hydrogen-bond acceptors (Lipinski definition) is 5. The summed E-state index contributed by atoms with van der Waals surface area (Å²) >= 11 is 0. The zero-order valence-corrected chi connectivity index (χ0v) is 21.5. The molecule has 2 amide bonds. The van der Waals surface area contributed by atoms with E-state index in [1.807, 2.05) is 43.3 Å². The third-order valence-electron chi connectivity index (χ3n) is 6.78. The molecule has 1 saturated heterocycles. The van der Waals surface area contributed by atoms with E-state index in [4.69, 9.17) is 0 Å². The molecule has 0 aliphatic carbocycles. The highest BCUT2D eigenvalue weighted by Gasteiger charge is 2.38. The molecule has 0 aromatic heterocycles. The Bertz CT molecular complexity index is 1190. The van der Waals surface area contributed by atoms with Crippen molar-refractivity contribution in [3.05, 3.63) is 53.6 Å². The lowest BCUT2D eigenvalue weighted by Gasteiger charge is -2.26. The molecule has 0 bridgehead atoms. The van der Waals surface area contributed by atoms with Crippen LogP contribution in [-0.4, -0.2) is 57.8 Å². The molecule has 8 nitrogen and oxygen atoms in total. The third-order valence-corrected chi connectivity index (χ3v) is 8.68. The Kier molecular flexibility index (Phi) is 7.47. The van der Waals surface area contributed by atoms with Crippen LogP contribution in [-0.2, 0) is 32.6 Å². The highest BCUT2D eigenvalue weighted by atomic mass is 32.2. The summed E-state index contributed by atoms with van der Waals surface area (Å²) in [5.74, 6) is -0.411. The summed E-state index contributed by atoms with van der Waals surface area (Å²) in [7, 11) is 0.344. The van der Waals surface area contributed by atoms with Crippen molar-refractivity contribution in [1.29, 1.82) is 0 Å². The van der Waals surface area contributed by atoms with E-state index in [0.717, 1.165) is 30.5 Å². The standard InChI is InChI=1S/C26H34N4O4S/c1-4-25(31)30-23-13-12-22(35(33,34)29-14-6-5-7-15-29)16-20(23)17-24(30)26(32)27-18-19-8-10-21(11-9-19)28(2)3/h8-13,16,24H,4-7,14-15,17-18H2,1-3H3,(H,27,32)/t24-/m0/s1. The van der Waals surface area contributed by atoms with Crippen molar-refractivity contribution in [3.8, 4) is 0 Å². The van der Waals surface area contributed by atoms with E-state index in [1.54, 1.807) is 25.1 Å². The number of sulfonamides is 1. The topological polar surface area (TPSA) is 90.0 Å². The average Bonchev–Trinajstić information content (AvgIpc) is 3.26. The van der Waals surface area contributed by atoms with Gasteiger partial charge in [-0.2, -0.15) is 4.31 Å². The zero-order chi connectivity index (χ0) is 25.2. The Morgan fingerprint density at radius 1 is 1.03 bits per heavy atom. The smallest absolute Gasteiger partial charge is 0.243 e. The van der Waals surface area contributed by atoms with Crippen LogP contribution in [0.5, 0.6) is 0 Å². The van der Waals surface area contributed by atoms with Crippen molar-refractivity contribution >= 4 is 33.2 Å². The van der Waals surface area contributed by atoms with Gasteiger partial charge in [0.1, 0.15) is 6.04 Å². The van der Waals surface area contributed by atoms with E-state index in [0.29, 0.717) is 30.9 Å². The van der Waals surface area contributed by atoms with Gasteiger partial charge in [0.05, 0.1) is 4.90 Å². The first kappa shape index (κ1) is 25.2. The van der Waals surface area contributed by atoms with Gasteiger partial charge in [0.2, 0.25) is 21.8 Å². The van der Waals surface area contributed by atoms with Gasteiger partial charge in [0.15, 0.2) is 0 Å². The fourth-order valence-electron chi connectivity index (χ4n) is 4.75. The Balaban J connectivity index is 1.53. The van der Waals surface area contributed by atoms with Crippen molar-refractivity contribution in [1.82, 2.24) is 9.62 Å². The minimum Gasteiger partial charge on any atom is -0.378 e. The van der Waals surface area contributed by atoms with Crippen molar-refractivity contribution in [2.24, 2.45) is 0 Å². The summed E-state index contributed by atoms with van der Waals surface area (Å²) in [6.45, 7) is 3.17. The summed E-state index contributed by atoms with van der Waals surface area (Å²) in [6, 6.07) is 12.1. The van der Waals surface area contributed by atoms with Gasteiger partial charge in [-0.25, -0.2) is 8.42 Å². The van der Waals surface area contributed by atoms with Gasteiger partial charge in [0, 0.05) is 57.9 Å². The summed E-state index contributed by atoms with van der Waals surface area (Å²) < 4.78 is 27.9. The average molecular weight is 499 g/mol. The minimum absolute atomic E-state index is 0.161. The van der Waals surface area contributed by atoms with Crippen LogP contribution in [0.2, 0.25) is 0 Å². The van der Waals surface area contributed by atoms with Crippen LogP contribution in [0.3, 0.4) is 0 Å². The molecule has 2 aromatic carbocycles. The molecule has 0 spiro atoms. The maximum absolute atomic E-state index is 13.2. The van der Waals surface area contributed by atoms with E-state index in [1.165, 1.54) is 9.21 Å². The molecule has 2 aromatic rings. The van der Waals surface area contributed by atoms with E-state index < -0.39 is 16.1 Å².